The fourth-order valence-corrected chi connectivity index (χ4v) is 3.79. The number of likely N-dealkylation sites (tertiary alicyclic amines) is 1. The summed E-state index contributed by atoms with van der Waals surface area (Å²) >= 11 is 0. The summed E-state index contributed by atoms with van der Waals surface area (Å²) in [4.78, 5) is 43.2. The summed E-state index contributed by atoms with van der Waals surface area (Å²) in [6.45, 7) is 1.69. The Hall–Kier alpha value is -3.68. The molecular weight excluding hydrogens is 398 g/mol. The quantitative estimate of drug-likeness (QED) is 0.635. The van der Waals surface area contributed by atoms with E-state index in [1.165, 1.54) is 13.2 Å². The van der Waals surface area contributed by atoms with Crippen molar-refractivity contribution in [1.29, 1.82) is 0 Å². The van der Waals surface area contributed by atoms with E-state index in [4.69, 9.17) is 9.15 Å². The van der Waals surface area contributed by atoms with Gasteiger partial charge in [-0.05, 0) is 43.0 Å². The van der Waals surface area contributed by atoms with Gasteiger partial charge < -0.3 is 19.4 Å². The van der Waals surface area contributed by atoms with Crippen molar-refractivity contribution >= 4 is 22.8 Å². The molecule has 8 nitrogen and oxygen atoms in total. The molecule has 1 aliphatic rings. The van der Waals surface area contributed by atoms with E-state index in [0.29, 0.717) is 41.9 Å². The molecule has 0 radical (unpaired) electrons. The molecule has 1 N–H and O–H groups in total. The molecule has 2 aromatic heterocycles. The zero-order chi connectivity index (χ0) is 21.8. The third kappa shape index (κ3) is 4.42. The van der Waals surface area contributed by atoms with Crippen LogP contribution in [-0.4, -0.2) is 48.4 Å². The maximum Gasteiger partial charge on any atom is 0.349 e. The second kappa shape index (κ2) is 8.99. The fourth-order valence-electron chi connectivity index (χ4n) is 3.79. The Morgan fingerprint density at radius 3 is 2.65 bits per heavy atom. The maximum atomic E-state index is 12.6. The third-order valence-corrected chi connectivity index (χ3v) is 5.57. The van der Waals surface area contributed by atoms with Crippen LogP contribution in [-0.2, 0) is 0 Å². The molecule has 0 saturated carbocycles. The van der Waals surface area contributed by atoms with Gasteiger partial charge in [-0.2, -0.15) is 0 Å². The van der Waals surface area contributed by atoms with Crippen LogP contribution in [0.4, 0.5) is 0 Å². The molecule has 2 amide bonds. The molecule has 8 heteroatoms. The Morgan fingerprint density at radius 2 is 1.94 bits per heavy atom. The van der Waals surface area contributed by atoms with Crippen LogP contribution in [0.25, 0.3) is 11.0 Å². The van der Waals surface area contributed by atoms with Crippen LogP contribution in [0.3, 0.4) is 0 Å². The second-order valence-electron chi connectivity index (χ2n) is 7.51. The Kier molecular flexibility index (Phi) is 5.97. The summed E-state index contributed by atoms with van der Waals surface area (Å²) in [6, 6.07) is 10.2. The van der Waals surface area contributed by atoms with Gasteiger partial charge in [0.15, 0.2) is 11.3 Å². The van der Waals surface area contributed by atoms with Crippen molar-refractivity contribution in [1.82, 2.24) is 15.2 Å². The van der Waals surface area contributed by atoms with Crippen LogP contribution in [0, 0.1) is 5.92 Å². The highest BCUT2D eigenvalue weighted by Gasteiger charge is 2.24. The van der Waals surface area contributed by atoms with Crippen molar-refractivity contribution in [3.63, 3.8) is 0 Å². The van der Waals surface area contributed by atoms with Crippen LogP contribution in [0.15, 0.2) is 58.0 Å². The van der Waals surface area contributed by atoms with Gasteiger partial charge in [-0.1, -0.05) is 12.1 Å². The minimum atomic E-state index is -0.702. The highest BCUT2D eigenvalue weighted by atomic mass is 16.5. The van der Waals surface area contributed by atoms with Crippen molar-refractivity contribution in [2.75, 3.05) is 26.7 Å². The van der Waals surface area contributed by atoms with Crippen molar-refractivity contribution in [2.24, 2.45) is 5.92 Å². The molecule has 3 aromatic rings. The number of hydrogen-bond acceptors (Lipinski definition) is 6. The summed E-state index contributed by atoms with van der Waals surface area (Å²) in [6.07, 6.45) is 4.77. The van der Waals surface area contributed by atoms with Gasteiger partial charge >= 0.3 is 5.63 Å². The number of piperidine rings is 1. The van der Waals surface area contributed by atoms with E-state index in [-0.39, 0.29) is 17.4 Å². The number of benzene rings is 1. The number of hydrogen-bond donors (Lipinski definition) is 1. The SMILES string of the molecule is COc1cccc2cc(C(=O)NCC3CCN(C(=O)c4ccncc4)CC3)c(=O)oc12. The molecule has 0 aliphatic carbocycles. The average molecular weight is 421 g/mol. The molecule has 1 saturated heterocycles. The van der Waals surface area contributed by atoms with Crippen molar-refractivity contribution in [3.05, 3.63) is 70.3 Å². The van der Waals surface area contributed by atoms with Gasteiger partial charge in [0.1, 0.15) is 5.56 Å². The first-order valence-corrected chi connectivity index (χ1v) is 10.1. The smallest absolute Gasteiger partial charge is 0.349 e. The molecule has 0 spiro atoms. The predicted molar refractivity (Wildman–Crippen MR) is 114 cm³/mol. The minimum Gasteiger partial charge on any atom is -0.493 e. The fraction of sp³-hybridized carbons (Fsp3) is 0.304. The van der Waals surface area contributed by atoms with E-state index in [0.717, 1.165) is 12.8 Å². The first-order chi connectivity index (χ1) is 15.1. The maximum absolute atomic E-state index is 12.6. The van der Waals surface area contributed by atoms with Gasteiger partial charge in [0.2, 0.25) is 0 Å². The Labute approximate surface area is 178 Å². The number of amides is 2. The molecule has 0 unspecified atom stereocenters. The van der Waals surface area contributed by atoms with Crippen molar-refractivity contribution < 1.29 is 18.7 Å². The van der Waals surface area contributed by atoms with Gasteiger partial charge in [-0.25, -0.2) is 4.79 Å². The lowest BCUT2D eigenvalue weighted by molar-refractivity contribution is 0.0684. The van der Waals surface area contributed by atoms with E-state index in [1.807, 2.05) is 4.90 Å². The molecular formula is C23H23N3O5. The van der Waals surface area contributed by atoms with Gasteiger partial charge in [-0.15, -0.1) is 0 Å². The largest absolute Gasteiger partial charge is 0.493 e. The van der Waals surface area contributed by atoms with Crippen LogP contribution < -0.4 is 15.7 Å². The van der Waals surface area contributed by atoms with Gasteiger partial charge in [-0.3, -0.25) is 14.6 Å². The zero-order valence-corrected chi connectivity index (χ0v) is 17.2. The summed E-state index contributed by atoms with van der Waals surface area (Å²) in [5.74, 6) is 0.204. The third-order valence-electron chi connectivity index (χ3n) is 5.57. The van der Waals surface area contributed by atoms with E-state index in [2.05, 4.69) is 10.3 Å². The average Bonchev–Trinajstić information content (AvgIpc) is 2.82. The monoisotopic (exact) mass is 421 g/mol. The Bertz CT molecular complexity index is 1150. The lowest BCUT2D eigenvalue weighted by Crippen LogP contribution is -2.42. The number of nitrogens with one attached hydrogen (secondary N) is 1. The van der Waals surface area contributed by atoms with E-state index >= 15 is 0 Å². The number of nitrogens with zero attached hydrogens (tertiary/aromatic N) is 2. The summed E-state index contributed by atoms with van der Waals surface area (Å²) < 4.78 is 10.5. The number of carbonyl (C=O) groups is 2. The molecule has 1 aliphatic heterocycles. The molecule has 3 heterocycles. The topological polar surface area (TPSA) is 102 Å². The van der Waals surface area contributed by atoms with Crippen LogP contribution >= 0.6 is 0 Å². The number of fused-ring (bicyclic) bond motifs is 1. The number of aromatic nitrogens is 1. The lowest BCUT2D eigenvalue weighted by atomic mass is 9.96. The first kappa shape index (κ1) is 20.6. The van der Waals surface area contributed by atoms with Crippen molar-refractivity contribution in [2.45, 2.75) is 12.8 Å². The van der Waals surface area contributed by atoms with E-state index in [1.54, 1.807) is 42.7 Å². The highest BCUT2D eigenvalue weighted by molar-refractivity contribution is 5.97. The van der Waals surface area contributed by atoms with Crippen LogP contribution in [0.5, 0.6) is 5.75 Å². The number of methoxy groups -OCH3 is 1. The summed E-state index contributed by atoms with van der Waals surface area (Å²) in [5.41, 5.74) is 0.206. The standard InChI is InChI=1S/C23H23N3O5/c1-30-19-4-2-3-17-13-18(23(29)31-20(17)19)21(27)25-14-15-7-11-26(12-8-15)22(28)16-5-9-24-10-6-16/h2-6,9-10,13,15H,7-8,11-12,14H2,1H3,(H,25,27). The summed E-state index contributed by atoms with van der Waals surface area (Å²) in [7, 11) is 1.49. The number of carbonyl (C=O) groups excluding carboxylic acids is 2. The van der Waals surface area contributed by atoms with E-state index < -0.39 is 11.5 Å². The number of pyridine rings is 1. The normalized spacial score (nSPS) is 14.4. The molecule has 160 valence electrons. The van der Waals surface area contributed by atoms with Gasteiger partial charge in [0, 0.05) is 43.0 Å². The molecule has 0 bridgehead atoms. The first-order valence-electron chi connectivity index (χ1n) is 10.1. The molecule has 1 aromatic carbocycles. The molecule has 31 heavy (non-hydrogen) atoms. The van der Waals surface area contributed by atoms with Crippen LogP contribution in [0.1, 0.15) is 33.6 Å². The summed E-state index contributed by atoms with van der Waals surface area (Å²) in [5, 5.41) is 3.45. The van der Waals surface area contributed by atoms with Crippen LogP contribution in [0.2, 0.25) is 0 Å². The Morgan fingerprint density at radius 1 is 1.19 bits per heavy atom. The van der Waals surface area contributed by atoms with Gasteiger partial charge in [0.05, 0.1) is 7.11 Å². The number of rotatable bonds is 5. The minimum absolute atomic E-state index is 0.00548. The molecule has 0 atom stereocenters. The molecule has 1 fully saturated rings. The second-order valence-corrected chi connectivity index (χ2v) is 7.51. The van der Waals surface area contributed by atoms with Gasteiger partial charge in [0.25, 0.3) is 11.8 Å². The number of ether oxygens (including phenoxy) is 1. The number of para-hydroxylation sites is 1. The molecule has 4 rings (SSSR count). The Balaban J connectivity index is 1.35. The van der Waals surface area contributed by atoms with Crippen molar-refractivity contribution in [3.8, 4) is 5.75 Å². The zero-order valence-electron chi connectivity index (χ0n) is 17.2. The van der Waals surface area contributed by atoms with E-state index in [9.17, 15) is 14.4 Å². The lowest BCUT2D eigenvalue weighted by Gasteiger charge is -2.32. The predicted octanol–water partition coefficient (Wildman–Crippen LogP) is 2.48. The highest BCUT2D eigenvalue weighted by Crippen LogP contribution is 2.24.